The van der Waals surface area contributed by atoms with Crippen molar-refractivity contribution in [2.24, 2.45) is 0 Å². The summed E-state index contributed by atoms with van der Waals surface area (Å²) in [4.78, 5) is 21.1. The SMILES string of the molecule is CC(=O)CCCCCC(=O)CO. The molecule has 0 fully saturated rings. The van der Waals surface area contributed by atoms with E-state index in [1.165, 1.54) is 0 Å². The standard InChI is InChI=1S/C9H16O3/c1-8(11)5-3-2-4-6-9(12)7-10/h10H,2-7H2,1H3. The number of Topliss-reactive ketones (excluding diaryl/α,β-unsaturated/α-hetero) is 2. The van der Waals surface area contributed by atoms with Crippen LogP contribution in [0.3, 0.4) is 0 Å². The maximum atomic E-state index is 10.6. The molecule has 12 heavy (non-hydrogen) atoms. The predicted molar refractivity (Wildman–Crippen MR) is 45.9 cm³/mol. The summed E-state index contributed by atoms with van der Waals surface area (Å²) < 4.78 is 0. The van der Waals surface area contributed by atoms with Gasteiger partial charge in [0.2, 0.25) is 0 Å². The Labute approximate surface area is 72.8 Å². The van der Waals surface area contributed by atoms with Crippen molar-refractivity contribution in [3.05, 3.63) is 0 Å². The number of unbranched alkanes of at least 4 members (excludes halogenated alkanes) is 2. The molecular formula is C9H16O3. The Balaban J connectivity index is 3.11. The molecule has 0 aromatic rings. The first-order chi connectivity index (χ1) is 5.66. The molecule has 0 aromatic carbocycles. The normalized spacial score (nSPS) is 9.83. The summed E-state index contributed by atoms with van der Waals surface area (Å²) in [6.07, 6.45) is 3.58. The van der Waals surface area contributed by atoms with Crippen LogP contribution in [-0.4, -0.2) is 23.3 Å². The molecule has 0 aliphatic heterocycles. The lowest BCUT2D eigenvalue weighted by Crippen LogP contribution is -2.02. The van der Waals surface area contributed by atoms with E-state index in [0.29, 0.717) is 12.8 Å². The van der Waals surface area contributed by atoms with Crippen LogP contribution in [0.2, 0.25) is 0 Å². The summed E-state index contributed by atoms with van der Waals surface area (Å²) in [6, 6.07) is 0. The molecule has 0 saturated carbocycles. The Morgan fingerprint density at radius 1 is 1.08 bits per heavy atom. The number of carbonyl (C=O) groups is 2. The zero-order valence-corrected chi connectivity index (χ0v) is 7.51. The Hall–Kier alpha value is -0.700. The predicted octanol–water partition coefficient (Wildman–Crippen LogP) is 1.09. The van der Waals surface area contributed by atoms with Gasteiger partial charge in [-0.3, -0.25) is 4.79 Å². The highest BCUT2D eigenvalue weighted by atomic mass is 16.3. The summed E-state index contributed by atoms with van der Waals surface area (Å²) >= 11 is 0. The minimum atomic E-state index is -0.354. The average Bonchev–Trinajstić information content (AvgIpc) is 2.03. The lowest BCUT2D eigenvalue weighted by molar-refractivity contribution is -0.121. The van der Waals surface area contributed by atoms with Gasteiger partial charge in [0.05, 0.1) is 0 Å². The van der Waals surface area contributed by atoms with Gasteiger partial charge in [0, 0.05) is 12.8 Å². The van der Waals surface area contributed by atoms with Crippen molar-refractivity contribution in [2.75, 3.05) is 6.61 Å². The van der Waals surface area contributed by atoms with E-state index in [1.807, 2.05) is 0 Å². The highest BCUT2D eigenvalue weighted by molar-refractivity contribution is 5.79. The third kappa shape index (κ3) is 7.41. The van der Waals surface area contributed by atoms with Gasteiger partial charge in [-0.1, -0.05) is 6.42 Å². The van der Waals surface area contributed by atoms with Crippen molar-refractivity contribution in [1.29, 1.82) is 0 Å². The Kier molecular flexibility index (Phi) is 6.57. The fraction of sp³-hybridized carbons (Fsp3) is 0.778. The molecule has 3 heteroatoms. The highest BCUT2D eigenvalue weighted by Gasteiger charge is 1.99. The second kappa shape index (κ2) is 6.98. The van der Waals surface area contributed by atoms with Crippen LogP contribution in [0.5, 0.6) is 0 Å². The molecule has 0 heterocycles. The summed E-state index contributed by atoms with van der Waals surface area (Å²) in [7, 11) is 0. The van der Waals surface area contributed by atoms with E-state index in [-0.39, 0.29) is 18.2 Å². The maximum Gasteiger partial charge on any atom is 0.158 e. The van der Waals surface area contributed by atoms with E-state index >= 15 is 0 Å². The fourth-order valence-corrected chi connectivity index (χ4v) is 0.952. The molecule has 1 N–H and O–H groups in total. The van der Waals surface area contributed by atoms with Gasteiger partial charge >= 0.3 is 0 Å². The number of aliphatic hydroxyl groups excluding tert-OH is 1. The maximum absolute atomic E-state index is 10.6. The number of ketones is 2. The second-order valence-electron chi connectivity index (χ2n) is 2.96. The van der Waals surface area contributed by atoms with Crippen LogP contribution in [0.25, 0.3) is 0 Å². The van der Waals surface area contributed by atoms with Crippen molar-refractivity contribution < 1.29 is 14.7 Å². The minimum absolute atomic E-state index is 0.113. The Morgan fingerprint density at radius 3 is 2.17 bits per heavy atom. The molecule has 0 aliphatic carbocycles. The molecule has 0 unspecified atom stereocenters. The average molecular weight is 172 g/mol. The van der Waals surface area contributed by atoms with Crippen LogP contribution >= 0.6 is 0 Å². The molecule has 0 bridgehead atoms. The lowest BCUT2D eigenvalue weighted by atomic mass is 10.1. The molecule has 3 nitrogen and oxygen atoms in total. The van der Waals surface area contributed by atoms with E-state index in [4.69, 9.17) is 5.11 Å². The number of hydrogen-bond acceptors (Lipinski definition) is 3. The van der Waals surface area contributed by atoms with Crippen molar-refractivity contribution in [3.8, 4) is 0 Å². The largest absolute Gasteiger partial charge is 0.389 e. The van der Waals surface area contributed by atoms with Crippen molar-refractivity contribution in [1.82, 2.24) is 0 Å². The van der Waals surface area contributed by atoms with Crippen molar-refractivity contribution >= 4 is 11.6 Å². The van der Waals surface area contributed by atoms with Crippen LogP contribution in [0.4, 0.5) is 0 Å². The topological polar surface area (TPSA) is 54.4 Å². The first-order valence-corrected chi connectivity index (χ1v) is 4.29. The molecule has 0 radical (unpaired) electrons. The number of carbonyl (C=O) groups excluding carboxylic acids is 2. The molecule has 0 aliphatic rings. The second-order valence-corrected chi connectivity index (χ2v) is 2.96. The third-order valence-electron chi connectivity index (χ3n) is 1.66. The highest BCUT2D eigenvalue weighted by Crippen LogP contribution is 2.03. The van der Waals surface area contributed by atoms with E-state index in [0.717, 1.165) is 19.3 Å². The Bertz CT molecular complexity index is 152. The minimum Gasteiger partial charge on any atom is -0.389 e. The smallest absolute Gasteiger partial charge is 0.158 e. The van der Waals surface area contributed by atoms with E-state index < -0.39 is 0 Å². The molecule has 70 valence electrons. The monoisotopic (exact) mass is 172 g/mol. The van der Waals surface area contributed by atoms with E-state index in [1.54, 1.807) is 6.92 Å². The molecule has 0 spiro atoms. The van der Waals surface area contributed by atoms with Gasteiger partial charge in [-0.15, -0.1) is 0 Å². The summed E-state index contributed by atoms with van der Waals surface area (Å²) in [5.41, 5.74) is 0. The zero-order chi connectivity index (χ0) is 9.40. The summed E-state index contributed by atoms with van der Waals surface area (Å²) in [5, 5.41) is 8.38. The number of rotatable bonds is 7. The molecule has 0 aromatic heterocycles. The van der Waals surface area contributed by atoms with E-state index in [2.05, 4.69) is 0 Å². The molecule has 0 saturated heterocycles. The first kappa shape index (κ1) is 11.3. The molecule has 0 rings (SSSR count). The van der Waals surface area contributed by atoms with Crippen LogP contribution in [0.1, 0.15) is 39.0 Å². The van der Waals surface area contributed by atoms with Gasteiger partial charge in [0.1, 0.15) is 12.4 Å². The first-order valence-electron chi connectivity index (χ1n) is 4.29. The van der Waals surface area contributed by atoms with Crippen molar-refractivity contribution in [2.45, 2.75) is 39.0 Å². The zero-order valence-electron chi connectivity index (χ0n) is 7.51. The number of aliphatic hydroxyl groups is 1. The molecule has 0 amide bonds. The van der Waals surface area contributed by atoms with Crippen LogP contribution in [0.15, 0.2) is 0 Å². The Morgan fingerprint density at radius 2 is 1.67 bits per heavy atom. The quantitative estimate of drug-likeness (QED) is 0.585. The van der Waals surface area contributed by atoms with Crippen molar-refractivity contribution in [3.63, 3.8) is 0 Å². The third-order valence-corrected chi connectivity index (χ3v) is 1.66. The lowest BCUT2D eigenvalue weighted by Gasteiger charge is -1.97. The number of hydrogen-bond donors (Lipinski definition) is 1. The summed E-state index contributed by atoms with van der Waals surface area (Å²) in [5.74, 6) is 0.0845. The fourth-order valence-electron chi connectivity index (χ4n) is 0.952. The molecule has 0 atom stereocenters. The van der Waals surface area contributed by atoms with Gasteiger partial charge in [0.15, 0.2) is 5.78 Å². The van der Waals surface area contributed by atoms with Crippen LogP contribution in [0, 0.1) is 0 Å². The summed E-state index contributed by atoms with van der Waals surface area (Å²) in [6.45, 7) is 1.21. The van der Waals surface area contributed by atoms with Gasteiger partial charge in [-0.2, -0.15) is 0 Å². The van der Waals surface area contributed by atoms with Gasteiger partial charge < -0.3 is 9.90 Å². The van der Waals surface area contributed by atoms with Crippen LogP contribution < -0.4 is 0 Å². The van der Waals surface area contributed by atoms with Gasteiger partial charge in [0.25, 0.3) is 0 Å². The van der Waals surface area contributed by atoms with Crippen LogP contribution in [-0.2, 0) is 9.59 Å². The molecular weight excluding hydrogens is 156 g/mol. The van der Waals surface area contributed by atoms with Gasteiger partial charge in [-0.25, -0.2) is 0 Å². The van der Waals surface area contributed by atoms with E-state index in [9.17, 15) is 9.59 Å². The van der Waals surface area contributed by atoms with Gasteiger partial charge in [-0.05, 0) is 19.8 Å².